The topological polar surface area (TPSA) is 93.1 Å². The fourth-order valence-corrected chi connectivity index (χ4v) is 2.91. The van der Waals surface area contributed by atoms with Crippen LogP contribution < -0.4 is 16.2 Å². The molecule has 154 valence electrons. The molecule has 2 amide bonds. The molecule has 0 bridgehead atoms. The van der Waals surface area contributed by atoms with Crippen LogP contribution in [0.3, 0.4) is 0 Å². The Morgan fingerprint density at radius 1 is 1.03 bits per heavy atom. The lowest BCUT2D eigenvalue weighted by molar-refractivity contribution is -0.117. The van der Waals surface area contributed by atoms with Gasteiger partial charge in [-0.3, -0.25) is 14.4 Å². The molecule has 1 aromatic heterocycles. The van der Waals surface area contributed by atoms with Crippen molar-refractivity contribution in [2.24, 2.45) is 0 Å². The first kappa shape index (κ1) is 21.3. The van der Waals surface area contributed by atoms with Gasteiger partial charge in [0.1, 0.15) is 12.2 Å². The first-order valence-corrected chi connectivity index (χ1v) is 9.78. The standard InChI is InChI=1S/C22H21ClN4O3/c1-3-20(28)25-19-12-18(15-7-5-4-6-8-15)26-27(22(19)30)13-21(29)24-16-10-9-14(2)17(23)11-16/h4-12H,3,13H2,1-2H3,(H,24,29)(H,25,28). The SMILES string of the molecule is CCC(=O)Nc1cc(-c2ccccc2)nn(CC(=O)Nc2ccc(C)c(Cl)c2)c1=O. The highest BCUT2D eigenvalue weighted by molar-refractivity contribution is 6.31. The van der Waals surface area contributed by atoms with Crippen LogP contribution in [0.5, 0.6) is 0 Å². The third-order valence-corrected chi connectivity index (χ3v) is 4.80. The van der Waals surface area contributed by atoms with Gasteiger partial charge in [0.2, 0.25) is 11.8 Å². The summed E-state index contributed by atoms with van der Waals surface area (Å²) in [7, 11) is 0. The maximum Gasteiger partial charge on any atom is 0.291 e. The Labute approximate surface area is 178 Å². The number of hydrogen-bond acceptors (Lipinski definition) is 4. The van der Waals surface area contributed by atoms with Gasteiger partial charge in [-0.05, 0) is 30.7 Å². The molecule has 0 aliphatic heterocycles. The molecule has 0 saturated heterocycles. The number of nitrogens with one attached hydrogen (secondary N) is 2. The summed E-state index contributed by atoms with van der Waals surface area (Å²) in [6.45, 7) is 3.23. The number of amides is 2. The van der Waals surface area contributed by atoms with Crippen molar-refractivity contribution < 1.29 is 9.59 Å². The summed E-state index contributed by atoms with van der Waals surface area (Å²) < 4.78 is 1.04. The van der Waals surface area contributed by atoms with Gasteiger partial charge in [0.15, 0.2) is 0 Å². The van der Waals surface area contributed by atoms with Crippen LogP contribution in [-0.4, -0.2) is 21.6 Å². The van der Waals surface area contributed by atoms with Gasteiger partial charge in [0, 0.05) is 22.7 Å². The molecule has 0 fully saturated rings. The fourth-order valence-electron chi connectivity index (χ4n) is 2.73. The Balaban J connectivity index is 1.92. The lowest BCUT2D eigenvalue weighted by Gasteiger charge is -2.12. The first-order chi connectivity index (χ1) is 14.4. The predicted octanol–water partition coefficient (Wildman–Crippen LogP) is 3.86. The number of halogens is 1. The van der Waals surface area contributed by atoms with Crippen molar-refractivity contribution >= 4 is 34.8 Å². The van der Waals surface area contributed by atoms with Gasteiger partial charge in [-0.15, -0.1) is 0 Å². The molecule has 0 radical (unpaired) electrons. The number of carbonyl (C=O) groups is 2. The molecule has 3 aromatic rings. The van der Waals surface area contributed by atoms with Crippen LogP contribution in [0.2, 0.25) is 5.02 Å². The molecule has 3 rings (SSSR count). The quantitative estimate of drug-likeness (QED) is 0.628. The maximum atomic E-state index is 12.8. The summed E-state index contributed by atoms with van der Waals surface area (Å²) in [4.78, 5) is 37.1. The first-order valence-electron chi connectivity index (χ1n) is 9.41. The van der Waals surface area contributed by atoms with E-state index in [0.29, 0.717) is 16.4 Å². The van der Waals surface area contributed by atoms with Crippen molar-refractivity contribution in [2.75, 3.05) is 10.6 Å². The Kier molecular flexibility index (Phi) is 6.64. The third kappa shape index (κ3) is 5.12. The maximum absolute atomic E-state index is 12.8. The van der Waals surface area contributed by atoms with E-state index in [0.717, 1.165) is 15.8 Å². The molecule has 8 heteroatoms. The number of aromatic nitrogens is 2. The van der Waals surface area contributed by atoms with Crippen LogP contribution in [0.4, 0.5) is 11.4 Å². The van der Waals surface area contributed by atoms with Crippen LogP contribution in [-0.2, 0) is 16.1 Å². The van der Waals surface area contributed by atoms with Gasteiger partial charge in [0.05, 0.1) is 5.69 Å². The zero-order chi connectivity index (χ0) is 21.7. The van der Waals surface area contributed by atoms with Gasteiger partial charge in [-0.2, -0.15) is 5.10 Å². The van der Waals surface area contributed by atoms with Crippen molar-refractivity contribution in [1.29, 1.82) is 0 Å². The minimum Gasteiger partial charge on any atom is -0.324 e. The molecule has 0 saturated carbocycles. The second-order valence-corrected chi connectivity index (χ2v) is 7.09. The van der Waals surface area contributed by atoms with Crippen molar-refractivity contribution in [1.82, 2.24) is 9.78 Å². The van der Waals surface area contributed by atoms with Crippen LogP contribution in [0.15, 0.2) is 59.4 Å². The van der Waals surface area contributed by atoms with Crippen molar-refractivity contribution in [3.05, 3.63) is 75.5 Å². The Morgan fingerprint density at radius 2 is 1.77 bits per heavy atom. The van der Waals surface area contributed by atoms with Gasteiger partial charge < -0.3 is 10.6 Å². The second-order valence-electron chi connectivity index (χ2n) is 6.69. The van der Waals surface area contributed by atoms with E-state index in [-0.39, 0.29) is 24.6 Å². The number of nitrogens with zero attached hydrogens (tertiary/aromatic N) is 2. The van der Waals surface area contributed by atoms with Crippen LogP contribution in [0.25, 0.3) is 11.3 Å². The predicted molar refractivity (Wildman–Crippen MR) is 118 cm³/mol. The van der Waals surface area contributed by atoms with Crippen molar-refractivity contribution in [3.8, 4) is 11.3 Å². The summed E-state index contributed by atoms with van der Waals surface area (Å²) in [5, 5.41) is 10.1. The van der Waals surface area contributed by atoms with Gasteiger partial charge in [-0.25, -0.2) is 4.68 Å². The molecule has 0 atom stereocenters. The van der Waals surface area contributed by atoms with Crippen molar-refractivity contribution in [2.45, 2.75) is 26.8 Å². The largest absolute Gasteiger partial charge is 0.324 e. The molecule has 0 spiro atoms. The average molecular weight is 425 g/mol. The van der Waals surface area contributed by atoms with Crippen LogP contribution >= 0.6 is 11.6 Å². The molecular formula is C22H21ClN4O3. The van der Waals surface area contributed by atoms with Gasteiger partial charge >= 0.3 is 0 Å². The van der Waals surface area contributed by atoms with E-state index in [9.17, 15) is 14.4 Å². The zero-order valence-corrected chi connectivity index (χ0v) is 17.4. The normalized spacial score (nSPS) is 10.5. The highest BCUT2D eigenvalue weighted by Crippen LogP contribution is 2.20. The van der Waals surface area contributed by atoms with Gasteiger partial charge in [0.25, 0.3) is 5.56 Å². The van der Waals surface area contributed by atoms with E-state index >= 15 is 0 Å². The van der Waals surface area contributed by atoms with Crippen molar-refractivity contribution in [3.63, 3.8) is 0 Å². The molecular weight excluding hydrogens is 404 g/mol. The highest BCUT2D eigenvalue weighted by Gasteiger charge is 2.14. The van der Waals surface area contributed by atoms with E-state index in [1.54, 1.807) is 25.1 Å². The summed E-state index contributed by atoms with van der Waals surface area (Å²) >= 11 is 6.10. The lowest BCUT2D eigenvalue weighted by atomic mass is 10.1. The Morgan fingerprint density at radius 3 is 2.43 bits per heavy atom. The number of aryl methyl sites for hydroxylation is 1. The monoisotopic (exact) mass is 424 g/mol. The van der Waals surface area contributed by atoms with Crippen LogP contribution in [0, 0.1) is 6.92 Å². The minimum absolute atomic E-state index is 0.0712. The van der Waals surface area contributed by atoms with E-state index in [2.05, 4.69) is 15.7 Å². The molecule has 0 unspecified atom stereocenters. The number of carbonyl (C=O) groups excluding carboxylic acids is 2. The Hall–Kier alpha value is -3.45. The molecule has 1 heterocycles. The highest BCUT2D eigenvalue weighted by atomic mass is 35.5. The van der Waals surface area contributed by atoms with Gasteiger partial charge in [-0.1, -0.05) is 54.9 Å². The molecule has 2 N–H and O–H groups in total. The lowest BCUT2D eigenvalue weighted by Crippen LogP contribution is -2.32. The molecule has 2 aromatic carbocycles. The minimum atomic E-state index is -0.562. The summed E-state index contributed by atoms with van der Waals surface area (Å²) in [5.41, 5.74) is 2.13. The third-order valence-electron chi connectivity index (χ3n) is 4.39. The summed E-state index contributed by atoms with van der Waals surface area (Å²) in [5.74, 6) is -0.745. The van der Waals surface area contributed by atoms with E-state index < -0.39 is 11.5 Å². The van der Waals surface area contributed by atoms with E-state index in [1.807, 2.05) is 37.3 Å². The summed E-state index contributed by atoms with van der Waals surface area (Å²) in [6, 6.07) is 15.9. The zero-order valence-electron chi connectivity index (χ0n) is 16.6. The average Bonchev–Trinajstić information content (AvgIpc) is 2.74. The van der Waals surface area contributed by atoms with Crippen LogP contribution in [0.1, 0.15) is 18.9 Å². The smallest absolute Gasteiger partial charge is 0.291 e. The summed E-state index contributed by atoms with van der Waals surface area (Å²) in [6.07, 6.45) is 0.219. The number of hydrogen-bond donors (Lipinski definition) is 2. The molecule has 0 aliphatic carbocycles. The second kappa shape index (κ2) is 9.37. The van der Waals surface area contributed by atoms with E-state index in [1.165, 1.54) is 6.07 Å². The Bertz CT molecular complexity index is 1140. The fraction of sp³-hybridized carbons (Fsp3) is 0.182. The van der Waals surface area contributed by atoms with E-state index in [4.69, 9.17) is 11.6 Å². The number of anilines is 2. The number of benzene rings is 2. The number of rotatable bonds is 6. The molecule has 30 heavy (non-hydrogen) atoms. The molecule has 0 aliphatic rings. The molecule has 7 nitrogen and oxygen atoms in total.